The van der Waals surface area contributed by atoms with Crippen molar-refractivity contribution in [2.45, 2.75) is 5.92 Å². The average molecular weight is 436 g/mol. The quantitative estimate of drug-likeness (QED) is 0.579. The number of benzene rings is 2. The van der Waals surface area contributed by atoms with Crippen molar-refractivity contribution in [2.75, 3.05) is 0 Å². The van der Waals surface area contributed by atoms with E-state index in [1.54, 1.807) is 30.5 Å². The number of phenolic OH excluding ortho intramolecular Hbond substituents is 1. The molecule has 0 amide bonds. The van der Waals surface area contributed by atoms with Crippen molar-refractivity contribution in [3.8, 4) is 17.6 Å². The van der Waals surface area contributed by atoms with Crippen LogP contribution in [0.3, 0.4) is 0 Å². The molecule has 1 atom stereocenters. The maximum atomic E-state index is 10.9. The van der Waals surface area contributed by atoms with Gasteiger partial charge in [-0.3, -0.25) is 4.99 Å². The van der Waals surface area contributed by atoms with Gasteiger partial charge in [0.1, 0.15) is 28.9 Å². The van der Waals surface area contributed by atoms with E-state index in [9.17, 15) is 10.4 Å². The van der Waals surface area contributed by atoms with Crippen LogP contribution in [-0.4, -0.2) is 11.3 Å². The first kappa shape index (κ1) is 17.9. The number of phenols is 1. The number of hydrogen-bond acceptors (Lipinski definition) is 6. The number of nitrogens with zero attached hydrogens (tertiary/aromatic N) is 2. The van der Waals surface area contributed by atoms with Crippen LogP contribution in [0.1, 0.15) is 22.8 Å². The van der Waals surface area contributed by atoms with Gasteiger partial charge in [0.15, 0.2) is 0 Å². The zero-order valence-corrected chi connectivity index (χ0v) is 16.1. The molecule has 1 aliphatic rings. The van der Waals surface area contributed by atoms with Crippen molar-refractivity contribution in [1.29, 1.82) is 5.26 Å². The summed E-state index contributed by atoms with van der Waals surface area (Å²) >= 11 is 3.38. The molecule has 2 heterocycles. The molecular weight excluding hydrogens is 422 g/mol. The van der Waals surface area contributed by atoms with Gasteiger partial charge in [-0.15, -0.1) is 0 Å². The first-order valence-electron chi connectivity index (χ1n) is 8.35. The second-order valence-electron chi connectivity index (χ2n) is 6.09. The standard InChI is InChI=1S/C21H14BrN3O3/c22-13-4-6-14(7-5-13)25-11-12-3-8-17-19(20(12)26)18(16-2-1-9-27-16)15(10-23)21(24)28-17/h1-9,11,18,26H,24H2. The van der Waals surface area contributed by atoms with Gasteiger partial charge in [0.2, 0.25) is 5.88 Å². The molecule has 1 unspecified atom stereocenters. The summed E-state index contributed by atoms with van der Waals surface area (Å²) in [6.07, 6.45) is 3.07. The first-order valence-corrected chi connectivity index (χ1v) is 9.14. The number of nitrogens with two attached hydrogens (primary N) is 1. The van der Waals surface area contributed by atoms with E-state index in [-0.39, 0.29) is 17.2 Å². The molecule has 3 N–H and O–H groups in total. The smallest absolute Gasteiger partial charge is 0.205 e. The number of rotatable bonds is 3. The van der Waals surface area contributed by atoms with Crippen LogP contribution in [0.15, 0.2) is 80.1 Å². The van der Waals surface area contributed by atoms with E-state index in [2.05, 4.69) is 27.0 Å². The molecule has 138 valence electrons. The van der Waals surface area contributed by atoms with Gasteiger partial charge >= 0.3 is 0 Å². The lowest BCUT2D eigenvalue weighted by atomic mass is 9.85. The molecule has 1 aromatic heterocycles. The number of hydrogen-bond donors (Lipinski definition) is 2. The molecule has 0 aliphatic carbocycles. The van der Waals surface area contributed by atoms with Crippen LogP contribution < -0.4 is 10.5 Å². The number of fused-ring (bicyclic) bond motifs is 1. The van der Waals surface area contributed by atoms with Crippen molar-refractivity contribution in [3.63, 3.8) is 0 Å². The van der Waals surface area contributed by atoms with Crippen molar-refractivity contribution in [1.82, 2.24) is 0 Å². The van der Waals surface area contributed by atoms with Gasteiger partial charge in [0.25, 0.3) is 0 Å². The van der Waals surface area contributed by atoms with Gasteiger partial charge in [-0.2, -0.15) is 5.26 Å². The lowest BCUT2D eigenvalue weighted by Gasteiger charge is -2.26. The van der Waals surface area contributed by atoms with Crippen LogP contribution in [0.25, 0.3) is 0 Å². The van der Waals surface area contributed by atoms with Crippen molar-refractivity contribution < 1.29 is 14.3 Å². The fourth-order valence-corrected chi connectivity index (χ4v) is 3.33. The Morgan fingerprint density at radius 2 is 1.96 bits per heavy atom. The fourth-order valence-electron chi connectivity index (χ4n) is 3.07. The van der Waals surface area contributed by atoms with Crippen LogP contribution in [0.2, 0.25) is 0 Å². The number of furan rings is 1. The highest BCUT2D eigenvalue weighted by molar-refractivity contribution is 9.10. The largest absolute Gasteiger partial charge is 0.507 e. The van der Waals surface area contributed by atoms with Crippen LogP contribution in [0, 0.1) is 11.3 Å². The fraction of sp³-hybridized carbons (Fsp3) is 0.0476. The third-order valence-electron chi connectivity index (χ3n) is 4.40. The highest BCUT2D eigenvalue weighted by atomic mass is 79.9. The average Bonchev–Trinajstić information content (AvgIpc) is 3.22. The van der Waals surface area contributed by atoms with Crippen molar-refractivity contribution >= 4 is 27.8 Å². The Bertz CT molecular complexity index is 1130. The molecule has 1 aliphatic heterocycles. The Labute approximate surface area is 169 Å². The maximum Gasteiger partial charge on any atom is 0.205 e. The molecule has 2 aromatic carbocycles. The summed E-state index contributed by atoms with van der Waals surface area (Å²) in [4.78, 5) is 4.40. The van der Waals surface area contributed by atoms with Crippen LogP contribution in [0.5, 0.6) is 11.5 Å². The molecule has 28 heavy (non-hydrogen) atoms. The molecule has 0 saturated carbocycles. The Morgan fingerprint density at radius 3 is 2.64 bits per heavy atom. The molecule has 7 heteroatoms. The topological polar surface area (TPSA) is 105 Å². The maximum absolute atomic E-state index is 10.9. The summed E-state index contributed by atoms with van der Waals surface area (Å²) in [5.41, 5.74) is 7.74. The Balaban J connectivity index is 1.81. The van der Waals surface area contributed by atoms with Crippen molar-refractivity contribution in [3.05, 3.63) is 87.6 Å². The molecule has 0 bridgehead atoms. The zero-order chi connectivity index (χ0) is 19.7. The number of nitriles is 1. The minimum Gasteiger partial charge on any atom is -0.507 e. The van der Waals surface area contributed by atoms with Gasteiger partial charge in [-0.05, 0) is 48.5 Å². The molecule has 6 nitrogen and oxygen atoms in total. The van der Waals surface area contributed by atoms with E-state index >= 15 is 0 Å². The summed E-state index contributed by atoms with van der Waals surface area (Å²) in [5.74, 6) is 0.148. The van der Waals surface area contributed by atoms with Gasteiger partial charge in [0.05, 0.1) is 23.4 Å². The second-order valence-corrected chi connectivity index (χ2v) is 7.01. The number of aromatic hydroxyl groups is 1. The summed E-state index contributed by atoms with van der Waals surface area (Å²) in [6, 6.07) is 16.3. The van der Waals surface area contributed by atoms with Crippen molar-refractivity contribution in [2.24, 2.45) is 10.7 Å². The Morgan fingerprint density at radius 1 is 1.18 bits per heavy atom. The highest BCUT2D eigenvalue weighted by Crippen LogP contribution is 2.47. The van der Waals surface area contributed by atoms with Crippen LogP contribution >= 0.6 is 15.9 Å². The lowest BCUT2D eigenvalue weighted by molar-refractivity contribution is 0.372. The van der Waals surface area contributed by atoms with Gasteiger partial charge < -0.3 is 20.0 Å². The van der Waals surface area contributed by atoms with E-state index < -0.39 is 5.92 Å². The number of ether oxygens (including phenoxy) is 1. The van der Waals surface area contributed by atoms with E-state index in [1.165, 1.54) is 6.26 Å². The summed E-state index contributed by atoms with van der Waals surface area (Å²) in [6.45, 7) is 0. The lowest BCUT2D eigenvalue weighted by Crippen LogP contribution is -2.21. The zero-order valence-electron chi connectivity index (χ0n) is 14.5. The number of allylic oxidation sites excluding steroid dienone is 1. The Hall–Kier alpha value is -3.50. The minimum atomic E-state index is -0.662. The number of halogens is 1. The van der Waals surface area contributed by atoms with Gasteiger partial charge in [-0.25, -0.2) is 0 Å². The molecule has 0 fully saturated rings. The third-order valence-corrected chi connectivity index (χ3v) is 4.93. The van der Waals surface area contributed by atoms with Crippen LogP contribution in [-0.2, 0) is 0 Å². The minimum absolute atomic E-state index is 0.00733. The molecule has 0 saturated heterocycles. The van der Waals surface area contributed by atoms with E-state index in [4.69, 9.17) is 14.9 Å². The van der Waals surface area contributed by atoms with Gasteiger partial charge in [-0.1, -0.05) is 15.9 Å². The third kappa shape index (κ3) is 3.15. The second kappa shape index (κ2) is 7.25. The normalized spacial score (nSPS) is 15.9. The first-order chi connectivity index (χ1) is 13.6. The summed E-state index contributed by atoms with van der Waals surface area (Å²) in [7, 11) is 0. The van der Waals surface area contributed by atoms with E-state index in [0.717, 1.165) is 10.2 Å². The monoisotopic (exact) mass is 435 g/mol. The predicted octanol–water partition coefficient (Wildman–Crippen LogP) is 4.72. The molecule has 0 spiro atoms. The molecule has 0 radical (unpaired) electrons. The SMILES string of the molecule is N#CC1=C(N)Oc2ccc(C=Nc3ccc(Br)cc3)c(O)c2C1c1ccco1. The predicted molar refractivity (Wildman–Crippen MR) is 108 cm³/mol. The molecule has 4 rings (SSSR count). The summed E-state index contributed by atoms with van der Waals surface area (Å²) in [5, 5.41) is 20.5. The highest BCUT2D eigenvalue weighted by Gasteiger charge is 2.35. The molecule has 3 aromatic rings. The molecular formula is C21H14BrN3O3. The van der Waals surface area contributed by atoms with E-state index in [1.807, 2.05) is 24.3 Å². The van der Waals surface area contributed by atoms with E-state index in [0.29, 0.717) is 22.6 Å². The Kier molecular flexibility index (Phi) is 4.63. The summed E-state index contributed by atoms with van der Waals surface area (Å²) < 4.78 is 12.0. The van der Waals surface area contributed by atoms with Gasteiger partial charge in [0, 0.05) is 16.3 Å². The van der Waals surface area contributed by atoms with Crippen LogP contribution in [0.4, 0.5) is 5.69 Å². The number of aliphatic imine (C=N–C) groups is 1.